The zero-order valence-electron chi connectivity index (χ0n) is 5.08. The Morgan fingerprint density at radius 1 is 1.67 bits per heavy atom. The van der Waals surface area contributed by atoms with E-state index >= 15 is 0 Å². The molecule has 0 bridgehead atoms. The molecule has 1 spiro atoms. The lowest BCUT2D eigenvalue weighted by atomic mass is 9.78. The maximum Gasteiger partial charge on any atom is 0.170 e. The molecule has 3 heteroatoms. The summed E-state index contributed by atoms with van der Waals surface area (Å²) in [6, 6.07) is 0. The minimum absolute atomic E-state index is 0.0839. The second kappa shape index (κ2) is 1.48. The van der Waals surface area contributed by atoms with Crippen molar-refractivity contribution in [2.24, 2.45) is 4.99 Å². The molecule has 9 heavy (non-hydrogen) atoms. The van der Waals surface area contributed by atoms with E-state index in [1.165, 1.54) is 6.40 Å². The van der Waals surface area contributed by atoms with Gasteiger partial charge in [0, 0.05) is 12.8 Å². The molecule has 1 aliphatic heterocycles. The molecule has 1 saturated carbocycles. The van der Waals surface area contributed by atoms with Gasteiger partial charge in [0.25, 0.3) is 0 Å². The van der Waals surface area contributed by atoms with Crippen LogP contribution in [0.1, 0.15) is 12.8 Å². The number of ether oxygens (including phenoxy) is 1. The molecule has 1 fully saturated rings. The van der Waals surface area contributed by atoms with Crippen molar-refractivity contribution in [3.8, 4) is 0 Å². The quantitative estimate of drug-likeness (QED) is 0.495. The van der Waals surface area contributed by atoms with E-state index in [1.54, 1.807) is 0 Å². The largest absolute Gasteiger partial charge is 0.475 e. The maximum absolute atomic E-state index is 8.94. The SMILES string of the molecule is OC1CC2(CN=CO2)C1. The molecule has 3 nitrogen and oxygen atoms in total. The summed E-state index contributed by atoms with van der Waals surface area (Å²) in [5.74, 6) is 0. The molecular weight excluding hydrogens is 118 g/mol. The number of aliphatic imine (C=N–C) groups is 1. The number of hydrogen-bond donors (Lipinski definition) is 1. The monoisotopic (exact) mass is 127 g/mol. The average Bonchev–Trinajstić information content (AvgIpc) is 2.12. The fraction of sp³-hybridized carbons (Fsp3) is 0.833. The van der Waals surface area contributed by atoms with Gasteiger partial charge in [-0.05, 0) is 0 Å². The standard InChI is InChI=1S/C6H9NO2/c8-5-1-6(2-5)3-7-4-9-6/h4-5,8H,1-3H2. The van der Waals surface area contributed by atoms with Crippen LogP contribution in [0, 0.1) is 0 Å². The van der Waals surface area contributed by atoms with Crippen LogP contribution in [-0.4, -0.2) is 29.8 Å². The molecule has 0 unspecified atom stereocenters. The first-order valence-corrected chi connectivity index (χ1v) is 3.15. The second-order valence-corrected chi connectivity index (χ2v) is 2.81. The molecule has 0 saturated heterocycles. The van der Waals surface area contributed by atoms with Gasteiger partial charge < -0.3 is 9.84 Å². The van der Waals surface area contributed by atoms with Crippen molar-refractivity contribution >= 4 is 6.40 Å². The molecule has 0 aromatic rings. The summed E-state index contributed by atoms with van der Waals surface area (Å²) in [5.41, 5.74) is -0.0839. The first-order chi connectivity index (χ1) is 4.31. The third kappa shape index (κ3) is 0.645. The lowest BCUT2D eigenvalue weighted by molar-refractivity contribution is -0.0815. The highest BCUT2D eigenvalue weighted by molar-refractivity contribution is 5.50. The predicted molar refractivity (Wildman–Crippen MR) is 32.4 cm³/mol. The van der Waals surface area contributed by atoms with Crippen LogP contribution < -0.4 is 0 Å². The molecule has 1 aliphatic carbocycles. The van der Waals surface area contributed by atoms with Crippen molar-refractivity contribution in [1.29, 1.82) is 0 Å². The number of aliphatic hydroxyl groups is 1. The van der Waals surface area contributed by atoms with Gasteiger partial charge in [-0.3, -0.25) is 4.99 Å². The molecule has 0 aromatic carbocycles. The maximum atomic E-state index is 8.94. The van der Waals surface area contributed by atoms with Crippen LogP contribution >= 0.6 is 0 Å². The Morgan fingerprint density at radius 3 is 2.89 bits per heavy atom. The fourth-order valence-electron chi connectivity index (χ4n) is 1.41. The van der Waals surface area contributed by atoms with Gasteiger partial charge in [0.2, 0.25) is 0 Å². The highest BCUT2D eigenvalue weighted by Crippen LogP contribution is 2.37. The fourth-order valence-corrected chi connectivity index (χ4v) is 1.41. The number of nitrogens with zero attached hydrogens (tertiary/aromatic N) is 1. The molecular formula is C6H9NO2. The van der Waals surface area contributed by atoms with Crippen molar-refractivity contribution in [3.05, 3.63) is 0 Å². The number of rotatable bonds is 0. The van der Waals surface area contributed by atoms with Crippen LogP contribution in [0.4, 0.5) is 0 Å². The zero-order valence-corrected chi connectivity index (χ0v) is 5.08. The molecule has 1 N–H and O–H groups in total. The third-order valence-corrected chi connectivity index (χ3v) is 1.97. The molecule has 0 aromatic heterocycles. The Balaban J connectivity index is 1.98. The lowest BCUT2D eigenvalue weighted by Gasteiger charge is -2.39. The highest BCUT2D eigenvalue weighted by Gasteiger charge is 2.47. The Kier molecular flexibility index (Phi) is 0.858. The van der Waals surface area contributed by atoms with Crippen molar-refractivity contribution in [2.75, 3.05) is 6.54 Å². The van der Waals surface area contributed by atoms with Crippen molar-refractivity contribution in [3.63, 3.8) is 0 Å². The minimum Gasteiger partial charge on any atom is -0.475 e. The Labute approximate surface area is 53.4 Å². The van der Waals surface area contributed by atoms with Crippen molar-refractivity contribution < 1.29 is 9.84 Å². The topological polar surface area (TPSA) is 41.8 Å². The van der Waals surface area contributed by atoms with E-state index in [0.29, 0.717) is 0 Å². The van der Waals surface area contributed by atoms with Crippen LogP contribution in [0.25, 0.3) is 0 Å². The number of hydrogen-bond acceptors (Lipinski definition) is 3. The molecule has 0 amide bonds. The van der Waals surface area contributed by atoms with Crippen LogP contribution in [0.3, 0.4) is 0 Å². The van der Waals surface area contributed by atoms with Gasteiger partial charge in [0.15, 0.2) is 6.40 Å². The number of aliphatic hydroxyl groups excluding tert-OH is 1. The van der Waals surface area contributed by atoms with Crippen LogP contribution in [0.2, 0.25) is 0 Å². The Morgan fingerprint density at radius 2 is 2.44 bits per heavy atom. The van der Waals surface area contributed by atoms with E-state index < -0.39 is 0 Å². The van der Waals surface area contributed by atoms with Gasteiger partial charge in [-0.25, -0.2) is 0 Å². The molecule has 0 atom stereocenters. The molecule has 0 radical (unpaired) electrons. The predicted octanol–water partition coefficient (Wildman–Crippen LogP) is -0.0616. The summed E-state index contributed by atoms with van der Waals surface area (Å²) >= 11 is 0. The van der Waals surface area contributed by atoms with Crippen LogP contribution in [-0.2, 0) is 4.74 Å². The van der Waals surface area contributed by atoms with E-state index in [1.807, 2.05) is 0 Å². The van der Waals surface area contributed by atoms with Gasteiger partial charge in [-0.1, -0.05) is 0 Å². The Hall–Kier alpha value is -0.570. The van der Waals surface area contributed by atoms with E-state index in [2.05, 4.69) is 4.99 Å². The third-order valence-electron chi connectivity index (χ3n) is 1.97. The van der Waals surface area contributed by atoms with Crippen LogP contribution in [0.5, 0.6) is 0 Å². The van der Waals surface area contributed by atoms with E-state index in [-0.39, 0.29) is 11.7 Å². The summed E-state index contributed by atoms with van der Waals surface area (Å²) in [6.45, 7) is 0.740. The van der Waals surface area contributed by atoms with Gasteiger partial charge >= 0.3 is 0 Å². The summed E-state index contributed by atoms with van der Waals surface area (Å²) in [7, 11) is 0. The molecule has 2 rings (SSSR count). The van der Waals surface area contributed by atoms with Gasteiger partial charge in [-0.2, -0.15) is 0 Å². The van der Waals surface area contributed by atoms with E-state index in [0.717, 1.165) is 19.4 Å². The van der Waals surface area contributed by atoms with E-state index in [9.17, 15) is 0 Å². The smallest absolute Gasteiger partial charge is 0.170 e. The normalized spacial score (nSPS) is 47.0. The first-order valence-electron chi connectivity index (χ1n) is 3.15. The average molecular weight is 127 g/mol. The molecule has 2 aliphatic rings. The summed E-state index contributed by atoms with van der Waals surface area (Å²) < 4.78 is 5.20. The van der Waals surface area contributed by atoms with Gasteiger partial charge in [-0.15, -0.1) is 0 Å². The van der Waals surface area contributed by atoms with Crippen molar-refractivity contribution in [1.82, 2.24) is 0 Å². The zero-order chi connectivity index (χ0) is 6.32. The van der Waals surface area contributed by atoms with E-state index in [4.69, 9.17) is 9.84 Å². The molecule has 50 valence electrons. The van der Waals surface area contributed by atoms with Crippen LogP contribution in [0.15, 0.2) is 4.99 Å². The Bertz CT molecular complexity index is 139. The van der Waals surface area contributed by atoms with Crippen molar-refractivity contribution in [2.45, 2.75) is 24.5 Å². The lowest BCUT2D eigenvalue weighted by Crippen LogP contribution is -2.49. The summed E-state index contributed by atoms with van der Waals surface area (Å²) in [6.07, 6.45) is 2.86. The highest BCUT2D eigenvalue weighted by atomic mass is 16.5. The van der Waals surface area contributed by atoms with Gasteiger partial charge in [0.1, 0.15) is 5.60 Å². The second-order valence-electron chi connectivity index (χ2n) is 2.81. The first kappa shape index (κ1) is 5.23. The summed E-state index contributed by atoms with van der Waals surface area (Å²) in [4.78, 5) is 3.93. The summed E-state index contributed by atoms with van der Waals surface area (Å²) in [5, 5.41) is 8.94. The minimum atomic E-state index is -0.147. The van der Waals surface area contributed by atoms with Gasteiger partial charge in [0.05, 0.1) is 12.6 Å². The molecule has 1 heterocycles.